The zero-order chi connectivity index (χ0) is 16.0. The van der Waals surface area contributed by atoms with Crippen molar-refractivity contribution in [2.24, 2.45) is 17.8 Å². The summed E-state index contributed by atoms with van der Waals surface area (Å²) in [5.41, 5.74) is 0.112. The molecule has 1 saturated heterocycles. The minimum Gasteiger partial charge on any atom is -0.389 e. The van der Waals surface area contributed by atoms with Gasteiger partial charge in [0, 0.05) is 19.6 Å². The van der Waals surface area contributed by atoms with Crippen LogP contribution in [0.2, 0.25) is 0 Å². The zero-order valence-electron chi connectivity index (χ0n) is 14.7. The molecular formula is C19H33NO3. The minimum absolute atomic E-state index is 0.112. The molecule has 0 aromatic heterocycles. The molecule has 23 heavy (non-hydrogen) atoms. The van der Waals surface area contributed by atoms with E-state index >= 15 is 0 Å². The number of rotatable bonds is 5. The van der Waals surface area contributed by atoms with Gasteiger partial charge in [-0.25, -0.2) is 0 Å². The van der Waals surface area contributed by atoms with Gasteiger partial charge in [0.05, 0.1) is 30.5 Å². The molecule has 1 aliphatic heterocycles. The predicted molar refractivity (Wildman–Crippen MR) is 89.3 cm³/mol. The van der Waals surface area contributed by atoms with Crippen molar-refractivity contribution in [2.75, 3.05) is 26.2 Å². The Morgan fingerprint density at radius 2 is 1.57 bits per heavy atom. The molecule has 0 spiro atoms. The van der Waals surface area contributed by atoms with Gasteiger partial charge in [-0.05, 0) is 70.1 Å². The van der Waals surface area contributed by atoms with Gasteiger partial charge in [-0.2, -0.15) is 0 Å². The highest BCUT2D eigenvalue weighted by atomic mass is 16.5. The van der Waals surface area contributed by atoms with Gasteiger partial charge in [0.25, 0.3) is 0 Å². The van der Waals surface area contributed by atoms with Gasteiger partial charge in [0.15, 0.2) is 0 Å². The van der Waals surface area contributed by atoms with E-state index in [4.69, 9.17) is 9.47 Å². The SMILES string of the molecule is C[C@@H]1CN(C[C@@H](O)COC23CC4CC(CC(C4)C2)C3)C[C@H](C)O1. The van der Waals surface area contributed by atoms with Crippen molar-refractivity contribution in [3.63, 3.8) is 0 Å². The van der Waals surface area contributed by atoms with Crippen LogP contribution < -0.4 is 0 Å². The topological polar surface area (TPSA) is 41.9 Å². The lowest BCUT2D eigenvalue weighted by molar-refractivity contribution is -0.177. The molecule has 0 amide bonds. The average molecular weight is 323 g/mol. The van der Waals surface area contributed by atoms with Crippen LogP contribution in [-0.4, -0.2) is 60.2 Å². The second kappa shape index (κ2) is 6.29. The van der Waals surface area contributed by atoms with Gasteiger partial charge in [-0.3, -0.25) is 4.90 Å². The van der Waals surface area contributed by atoms with Gasteiger partial charge in [0.2, 0.25) is 0 Å². The van der Waals surface area contributed by atoms with Crippen LogP contribution in [0.3, 0.4) is 0 Å². The summed E-state index contributed by atoms with van der Waals surface area (Å²) >= 11 is 0. The number of morpholine rings is 1. The van der Waals surface area contributed by atoms with E-state index < -0.39 is 0 Å². The molecule has 0 aromatic carbocycles. The maximum atomic E-state index is 10.5. The second-order valence-electron chi connectivity index (χ2n) is 9.04. The molecule has 0 radical (unpaired) electrons. The zero-order valence-corrected chi connectivity index (χ0v) is 14.7. The lowest BCUT2D eigenvalue weighted by Crippen LogP contribution is -2.53. The van der Waals surface area contributed by atoms with Crippen LogP contribution in [0.1, 0.15) is 52.4 Å². The summed E-state index contributed by atoms with van der Waals surface area (Å²) < 4.78 is 12.2. The van der Waals surface area contributed by atoms with Crippen molar-refractivity contribution in [1.29, 1.82) is 0 Å². The van der Waals surface area contributed by atoms with Gasteiger partial charge < -0.3 is 14.6 Å². The first-order valence-electron chi connectivity index (χ1n) is 9.69. The quantitative estimate of drug-likeness (QED) is 0.844. The summed E-state index contributed by atoms with van der Waals surface area (Å²) in [5.74, 6) is 2.71. The van der Waals surface area contributed by atoms with Gasteiger partial charge in [-0.15, -0.1) is 0 Å². The molecule has 0 unspecified atom stereocenters. The van der Waals surface area contributed by atoms with Gasteiger partial charge >= 0.3 is 0 Å². The van der Waals surface area contributed by atoms with E-state index in [1.54, 1.807) is 0 Å². The normalized spacial score (nSPS) is 47.9. The summed E-state index contributed by atoms with van der Waals surface area (Å²) in [6.45, 7) is 7.27. The van der Waals surface area contributed by atoms with E-state index in [1.807, 2.05) is 0 Å². The highest BCUT2D eigenvalue weighted by Crippen LogP contribution is 2.57. The molecule has 4 saturated carbocycles. The average Bonchev–Trinajstić information content (AvgIpc) is 2.42. The van der Waals surface area contributed by atoms with E-state index in [0.29, 0.717) is 13.2 Å². The molecule has 132 valence electrons. The number of aliphatic hydroxyl groups excluding tert-OH is 1. The number of hydrogen-bond donors (Lipinski definition) is 1. The highest BCUT2D eigenvalue weighted by molar-refractivity contribution is 5.03. The Labute approximate surface area is 140 Å². The summed E-state index contributed by atoms with van der Waals surface area (Å²) in [4.78, 5) is 2.33. The summed E-state index contributed by atoms with van der Waals surface area (Å²) in [6, 6.07) is 0. The molecule has 5 aliphatic rings. The Bertz CT molecular complexity index is 382. The molecule has 4 nitrogen and oxygen atoms in total. The van der Waals surface area contributed by atoms with Crippen molar-refractivity contribution in [1.82, 2.24) is 4.90 Å². The summed E-state index contributed by atoms with van der Waals surface area (Å²) in [5, 5.41) is 10.5. The van der Waals surface area contributed by atoms with Crippen molar-refractivity contribution in [2.45, 2.75) is 76.3 Å². The number of hydrogen-bond acceptors (Lipinski definition) is 4. The van der Waals surface area contributed by atoms with Crippen molar-refractivity contribution in [3.8, 4) is 0 Å². The van der Waals surface area contributed by atoms with Crippen LogP contribution in [0.4, 0.5) is 0 Å². The molecular weight excluding hydrogens is 290 g/mol. The predicted octanol–water partition coefficient (Wildman–Crippen LogP) is 2.44. The first-order chi connectivity index (χ1) is 11.0. The van der Waals surface area contributed by atoms with Crippen LogP contribution in [0, 0.1) is 17.8 Å². The van der Waals surface area contributed by atoms with Crippen molar-refractivity contribution in [3.05, 3.63) is 0 Å². The van der Waals surface area contributed by atoms with E-state index in [9.17, 15) is 5.11 Å². The summed E-state index contributed by atoms with van der Waals surface area (Å²) in [6.07, 6.45) is 8.20. The molecule has 0 aromatic rings. The molecule has 5 rings (SSSR count). The van der Waals surface area contributed by atoms with Gasteiger partial charge in [0.1, 0.15) is 0 Å². The Morgan fingerprint density at radius 3 is 2.09 bits per heavy atom. The van der Waals surface area contributed by atoms with Gasteiger partial charge in [-0.1, -0.05) is 0 Å². The second-order valence-corrected chi connectivity index (χ2v) is 9.04. The maximum Gasteiger partial charge on any atom is 0.0900 e. The third kappa shape index (κ3) is 3.60. The highest BCUT2D eigenvalue weighted by Gasteiger charge is 2.51. The Hall–Kier alpha value is -0.160. The van der Waals surface area contributed by atoms with Crippen molar-refractivity contribution < 1.29 is 14.6 Å². The molecule has 3 atom stereocenters. The van der Waals surface area contributed by atoms with E-state index in [2.05, 4.69) is 18.7 Å². The fourth-order valence-electron chi connectivity index (χ4n) is 6.27. The standard InChI is InChI=1S/C19H33NO3/c1-13-9-20(10-14(2)23-13)11-18(21)12-22-19-6-15-3-16(7-19)5-17(4-15)8-19/h13-18,21H,3-12H2,1-2H3/t13-,14+,15?,16?,17?,18-,19?/m1/s1. The minimum atomic E-state index is -0.375. The van der Waals surface area contributed by atoms with Crippen molar-refractivity contribution >= 4 is 0 Å². The fourth-order valence-corrected chi connectivity index (χ4v) is 6.27. The molecule has 4 heteroatoms. The maximum absolute atomic E-state index is 10.5. The number of aliphatic hydroxyl groups is 1. The Kier molecular flexibility index (Phi) is 4.46. The summed E-state index contributed by atoms with van der Waals surface area (Å²) in [7, 11) is 0. The lowest BCUT2D eigenvalue weighted by Gasteiger charge is -2.56. The molecule has 1 heterocycles. The molecule has 4 bridgehead atoms. The number of β-amino-alcohol motifs (C(OH)–C–C–N with tert-alkyl or cyclic N) is 1. The van der Waals surface area contributed by atoms with E-state index in [0.717, 1.165) is 30.8 Å². The van der Waals surface area contributed by atoms with Crippen LogP contribution in [0.15, 0.2) is 0 Å². The first-order valence-corrected chi connectivity index (χ1v) is 9.69. The third-order valence-corrected chi connectivity index (χ3v) is 6.53. The Morgan fingerprint density at radius 1 is 1.04 bits per heavy atom. The van der Waals surface area contributed by atoms with Crippen LogP contribution in [-0.2, 0) is 9.47 Å². The van der Waals surface area contributed by atoms with Crippen LogP contribution >= 0.6 is 0 Å². The molecule has 4 aliphatic carbocycles. The van der Waals surface area contributed by atoms with Crippen LogP contribution in [0.25, 0.3) is 0 Å². The monoisotopic (exact) mass is 323 g/mol. The first kappa shape index (κ1) is 16.3. The number of ether oxygens (including phenoxy) is 2. The van der Waals surface area contributed by atoms with E-state index in [-0.39, 0.29) is 23.9 Å². The smallest absolute Gasteiger partial charge is 0.0900 e. The van der Waals surface area contributed by atoms with Crippen LogP contribution in [0.5, 0.6) is 0 Å². The molecule has 5 fully saturated rings. The fraction of sp³-hybridized carbons (Fsp3) is 1.00. The largest absolute Gasteiger partial charge is 0.389 e. The third-order valence-electron chi connectivity index (χ3n) is 6.53. The Balaban J connectivity index is 1.27. The molecule has 1 N–H and O–H groups in total. The lowest BCUT2D eigenvalue weighted by atomic mass is 9.54. The van der Waals surface area contributed by atoms with E-state index in [1.165, 1.54) is 38.5 Å². The number of nitrogens with zero attached hydrogens (tertiary/aromatic N) is 1.